The fourth-order valence-electron chi connectivity index (χ4n) is 2.64. The van der Waals surface area contributed by atoms with Gasteiger partial charge in [0.15, 0.2) is 6.10 Å². The standard InChI is InChI=1S/C18H15F4N3O2/c1-25-14-7-4-11(18(20,21)22)8-13(14)24-15(25)9-23-17(27)16(26)10-2-5-12(19)6-3-10/h2-8,16,26H,9H2,1H3,(H,23,27)/t16-/m0/s1. The summed E-state index contributed by atoms with van der Waals surface area (Å²) in [5, 5.41) is 12.5. The lowest BCUT2D eigenvalue weighted by atomic mass is 10.1. The van der Waals surface area contributed by atoms with Gasteiger partial charge in [0.1, 0.15) is 11.6 Å². The summed E-state index contributed by atoms with van der Waals surface area (Å²) in [6.45, 7) is -0.0936. The predicted molar refractivity (Wildman–Crippen MR) is 88.9 cm³/mol. The molecule has 2 aromatic carbocycles. The van der Waals surface area contributed by atoms with Gasteiger partial charge >= 0.3 is 6.18 Å². The van der Waals surface area contributed by atoms with E-state index < -0.39 is 29.6 Å². The Kier molecular flexibility index (Phi) is 4.88. The zero-order valence-electron chi connectivity index (χ0n) is 14.1. The molecule has 142 valence electrons. The number of fused-ring (bicyclic) bond motifs is 1. The van der Waals surface area contributed by atoms with Crippen molar-refractivity contribution in [2.24, 2.45) is 7.05 Å². The van der Waals surface area contributed by atoms with Gasteiger partial charge in [-0.25, -0.2) is 9.37 Å². The first kappa shape index (κ1) is 18.8. The summed E-state index contributed by atoms with van der Waals surface area (Å²) in [5.41, 5.74) is 0.0335. The molecule has 1 heterocycles. The van der Waals surface area contributed by atoms with Crippen LogP contribution in [0.3, 0.4) is 0 Å². The van der Waals surface area contributed by atoms with Gasteiger partial charge in [-0.15, -0.1) is 0 Å². The Hall–Kier alpha value is -2.94. The number of aryl methyl sites for hydroxylation is 1. The molecule has 0 radical (unpaired) electrons. The molecule has 0 aliphatic carbocycles. The Morgan fingerprint density at radius 1 is 1.22 bits per heavy atom. The van der Waals surface area contributed by atoms with Crippen molar-refractivity contribution in [2.45, 2.75) is 18.8 Å². The van der Waals surface area contributed by atoms with Crippen LogP contribution in [0.15, 0.2) is 42.5 Å². The topological polar surface area (TPSA) is 67.2 Å². The molecule has 1 aromatic heterocycles. The molecule has 0 fully saturated rings. The van der Waals surface area contributed by atoms with Gasteiger partial charge in [-0.3, -0.25) is 4.79 Å². The highest BCUT2D eigenvalue weighted by molar-refractivity contribution is 5.82. The number of hydrogen-bond acceptors (Lipinski definition) is 3. The molecule has 0 saturated heterocycles. The smallest absolute Gasteiger partial charge is 0.378 e. The average molecular weight is 381 g/mol. The number of imidazole rings is 1. The number of nitrogens with one attached hydrogen (secondary N) is 1. The van der Waals surface area contributed by atoms with Gasteiger partial charge in [0.25, 0.3) is 5.91 Å². The van der Waals surface area contributed by atoms with Crippen molar-refractivity contribution < 1.29 is 27.5 Å². The number of amides is 1. The van der Waals surface area contributed by atoms with E-state index in [9.17, 15) is 27.5 Å². The summed E-state index contributed by atoms with van der Waals surface area (Å²) in [5.74, 6) is -0.905. The molecular weight excluding hydrogens is 366 g/mol. The van der Waals surface area contributed by atoms with Gasteiger partial charge in [0, 0.05) is 7.05 Å². The molecule has 1 atom stereocenters. The van der Waals surface area contributed by atoms with Crippen LogP contribution in [-0.4, -0.2) is 20.6 Å². The SMILES string of the molecule is Cn1c(CNC(=O)[C@@H](O)c2ccc(F)cc2)nc2cc(C(F)(F)F)ccc21. The maximum Gasteiger partial charge on any atom is 0.416 e. The summed E-state index contributed by atoms with van der Waals surface area (Å²) in [6.07, 6.45) is -5.98. The van der Waals surface area contributed by atoms with Gasteiger partial charge in [0.2, 0.25) is 0 Å². The number of alkyl halides is 3. The Morgan fingerprint density at radius 3 is 2.52 bits per heavy atom. The first-order chi connectivity index (χ1) is 12.7. The summed E-state index contributed by atoms with van der Waals surface area (Å²) in [7, 11) is 1.61. The quantitative estimate of drug-likeness (QED) is 0.683. The van der Waals surface area contributed by atoms with Crippen molar-refractivity contribution >= 4 is 16.9 Å². The number of aliphatic hydroxyl groups is 1. The van der Waals surface area contributed by atoms with E-state index in [0.29, 0.717) is 11.3 Å². The molecule has 0 bridgehead atoms. The fraction of sp³-hybridized carbons (Fsp3) is 0.222. The number of carbonyl (C=O) groups is 1. The lowest BCUT2D eigenvalue weighted by Crippen LogP contribution is -2.29. The molecular formula is C18H15F4N3O2. The van der Waals surface area contributed by atoms with Crippen molar-refractivity contribution in [2.75, 3.05) is 0 Å². The van der Waals surface area contributed by atoms with Gasteiger partial charge in [-0.1, -0.05) is 12.1 Å². The van der Waals surface area contributed by atoms with Gasteiger partial charge in [-0.05, 0) is 35.9 Å². The second-order valence-corrected chi connectivity index (χ2v) is 5.96. The zero-order valence-corrected chi connectivity index (χ0v) is 14.1. The van der Waals surface area contributed by atoms with E-state index in [1.165, 1.54) is 18.2 Å². The molecule has 0 saturated carbocycles. The van der Waals surface area contributed by atoms with Crippen LogP contribution in [0.5, 0.6) is 0 Å². The molecule has 5 nitrogen and oxygen atoms in total. The lowest BCUT2D eigenvalue weighted by Gasteiger charge is -2.11. The number of benzene rings is 2. The van der Waals surface area contributed by atoms with Crippen LogP contribution >= 0.6 is 0 Å². The van der Waals surface area contributed by atoms with E-state index in [0.717, 1.165) is 24.3 Å². The van der Waals surface area contributed by atoms with Crippen LogP contribution in [0.4, 0.5) is 17.6 Å². The van der Waals surface area contributed by atoms with Crippen molar-refractivity contribution in [1.29, 1.82) is 0 Å². The third-order valence-electron chi connectivity index (χ3n) is 4.16. The second-order valence-electron chi connectivity index (χ2n) is 5.96. The molecule has 3 rings (SSSR count). The van der Waals surface area contributed by atoms with Gasteiger partial charge in [-0.2, -0.15) is 13.2 Å². The highest BCUT2D eigenvalue weighted by Gasteiger charge is 2.31. The number of nitrogens with zero attached hydrogens (tertiary/aromatic N) is 2. The number of aromatic nitrogens is 2. The lowest BCUT2D eigenvalue weighted by molar-refractivity contribution is -0.137. The fourth-order valence-corrected chi connectivity index (χ4v) is 2.64. The minimum absolute atomic E-state index is 0.0936. The first-order valence-electron chi connectivity index (χ1n) is 7.90. The Labute approximate surface area is 151 Å². The van der Waals surface area contributed by atoms with Crippen molar-refractivity contribution in [3.05, 3.63) is 65.2 Å². The van der Waals surface area contributed by atoms with E-state index in [2.05, 4.69) is 10.3 Å². The van der Waals surface area contributed by atoms with Crippen LogP contribution < -0.4 is 5.32 Å². The highest BCUT2D eigenvalue weighted by Crippen LogP contribution is 2.31. The molecule has 0 aliphatic rings. The van der Waals surface area contributed by atoms with Crippen LogP contribution in [0.25, 0.3) is 11.0 Å². The monoisotopic (exact) mass is 381 g/mol. The normalized spacial score (nSPS) is 13.0. The summed E-state index contributed by atoms with van der Waals surface area (Å²) < 4.78 is 52.9. The van der Waals surface area contributed by atoms with E-state index in [1.54, 1.807) is 11.6 Å². The van der Waals surface area contributed by atoms with Crippen LogP contribution in [-0.2, 0) is 24.6 Å². The molecule has 0 aliphatic heterocycles. The Morgan fingerprint density at radius 2 is 1.89 bits per heavy atom. The Bertz CT molecular complexity index is 981. The molecule has 1 amide bonds. The van der Waals surface area contributed by atoms with E-state index in [-0.39, 0.29) is 17.6 Å². The Balaban J connectivity index is 1.75. The number of carbonyl (C=O) groups excluding carboxylic acids is 1. The first-order valence-corrected chi connectivity index (χ1v) is 7.90. The van der Waals surface area contributed by atoms with Crippen molar-refractivity contribution in [3.8, 4) is 0 Å². The van der Waals surface area contributed by atoms with Gasteiger partial charge < -0.3 is 15.0 Å². The third kappa shape index (κ3) is 3.92. The molecule has 27 heavy (non-hydrogen) atoms. The number of aliphatic hydroxyl groups excluding tert-OH is 1. The number of rotatable bonds is 4. The maximum atomic E-state index is 12.9. The largest absolute Gasteiger partial charge is 0.416 e. The highest BCUT2D eigenvalue weighted by atomic mass is 19.4. The number of hydrogen-bond donors (Lipinski definition) is 2. The summed E-state index contributed by atoms with van der Waals surface area (Å²) in [4.78, 5) is 16.2. The van der Waals surface area contributed by atoms with Crippen molar-refractivity contribution in [1.82, 2.24) is 14.9 Å². The van der Waals surface area contributed by atoms with Crippen LogP contribution in [0, 0.1) is 5.82 Å². The van der Waals surface area contributed by atoms with Crippen LogP contribution in [0.1, 0.15) is 23.1 Å². The molecule has 3 aromatic rings. The molecule has 9 heteroatoms. The van der Waals surface area contributed by atoms with Crippen LogP contribution in [0.2, 0.25) is 0 Å². The van der Waals surface area contributed by atoms with E-state index in [4.69, 9.17) is 0 Å². The number of halogens is 4. The zero-order chi connectivity index (χ0) is 19.8. The minimum atomic E-state index is -4.47. The molecule has 0 spiro atoms. The molecule has 0 unspecified atom stereocenters. The summed E-state index contributed by atoms with van der Waals surface area (Å²) >= 11 is 0. The predicted octanol–water partition coefficient (Wildman–Crippen LogP) is 3.08. The average Bonchev–Trinajstić information content (AvgIpc) is 2.94. The van der Waals surface area contributed by atoms with Gasteiger partial charge in [0.05, 0.1) is 23.1 Å². The van der Waals surface area contributed by atoms with E-state index in [1.807, 2.05) is 0 Å². The maximum absolute atomic E-state index is 12.9. The minimum Gasteiger partial charge on any atom is -0.378 e. The molecule has 2 N–H and O–H groups in total. The third-order valence-corrected chi connectivity index (χ3v) is 4.16. The summed E-state index contributed by atoms with van der Waals surface area (Å²) in [6, 6.07) is 8.02. The van der Waals surface area contributed by atoms with E-state index >= 15 is 0 Å². The second kappa shape index (κ2) is 6.99. The van der Waals surface area contributed by atoms with Crippen molar-refractivity contribution in [3.63, 3.8) is 0 Å².